The molecule has 1 atom stereocenters. The second kappa shape index (κ2) is 6.92. The summed E-state index contributed by atoms with van der Waals surface area (Å²) in [6.45, 7) is 4.12. The highest BCUT2D eigenvalue weighted by atomic mass is 35.5. The van der Waals surface area contributed by atoms with Gasteiger partial charge in [-0.2, -0.15) is 0 Å². The summed E-state index contributed by atoms with van der Waals surface area (Å²) in [4.78, 5) is 16.2. The van der Waals surface area contributed by atoms with Crippen LogP contribution in [0, 0.1) is 5.92 Å². The zero-order valence-electron chi connectivity index (χ0n) is 11.8. The minimum Gasteiger partial charge on any atom is -0.345 e. The maximum atomic E-state index is 12.3. The zero-order valence-corrected chi connectivity index (χ0v) is 13.3. The molecule has 2 rings (SSSR count). The largest absolute Gasteiger partial charge is 0.345 e. The van der Waals surface area contributed by atoms with Crippen LogP contribution in [0.3, 0.4) is 0 Å². The Morgan fingerprint density at radius 2 is 1.86 bits per heavy atom. The number of hydrogen-bond acceptors (Lipinski definition) is 2. The Bertz CT molecular complexity index is 629. The van der Waals surface area contributed by atoms with E-state index in [0.717, 1.165) is 5.56 Å². The molecule has 1 N–H and O–H groups in total. The molecule has 0 saturated heterocycles. The Hall–Kier alpha value is -1.58. The molecule has 1 aromatic heterocycles. The molecule has 3 nitrogen and oxygen atoms in total. The summed E-state index contributed by atoms with van der Waals surface area (Å²) in [6, 6.07) is 11.3. The van der Waals surface area contributed by atoms with Crippen LogP contribution in [0.25, 0.3) is 0 Å². The Balaban J connectivity index is 2.21. The zero-order chi connectivity index (χ0) is 15.4. The monoisotopic (exact) mass is 322 g/mol. The van der Waals surface area contributed by atoms with Gasteiger partial charge in [-0.05, 0) is 17.5 Å². The van der Waals surface area contributed by atoms with Gasteiger partial charge in [0.25, 0.3) is 5.91 Å². The number of halogens is 2. The van der Waals surface area contributed by atoms with Crippen molar-refractivity contribution in [1.29, 1.82) is 0 Å². The highest BCUT2D eigenvalue weighted by molar-refractivity contribution is 6.41. The first-order valence-corrected chi connectivity index (χ1v) is 7.41. The van der Waals surface area contributed by atoms with E-state index in [1.54, 1.807) is 0 Å². The quantitative estimate of drug-likeness (QED) is 0.841. The van der Waals surface area contributed by atoms with Crippen molar-refractivity contribution in [3.63, 3.8) is 0 Å². The number of aromatic nitrogens is 1. The van der Waals surface area contributed by atoms with Crippen LogP contribution in [0.1, 0.15) is 35.8 Å². The van der Waals surface area contributed by atoms with Crippen molar-refractivity contribution < 1.29 is 4.79 Å². The first-order valence-electron chi connectivity index (χ1n) is 6.66. The maximum Gasteiger partial charge on any atom is 0.253 e. The van der Waals surface area contributed by atoms with Crippen molar-refractivity contribution >= 4 is 29.1 Å². The number of carbonyl (C=O) groups is 1. The summed E-state index contributed by atoms with van der Waals surface area (Å²) in [6.07, 6.45) is 1.42. The van der Waals surface area contributed by atoms with Gasteiger partial charge in [-0.3, -0.25) is 4.79 Å². The SMILES string of the molecule is CC(C)[C@@H](NC(=O)c1cnc(Cl)c(Cl)c1)c1ccccc1. The van der Waals surface area contributed by atoms with Crippen LogP contribution in [0.2, 0.25) is 10.2 Å². The fourth-order valence-corrected chi connectivity index (χ4v) is 2.33. The fraction of sp³-hybridized carbons (Fsp3) is 0.250. The van der Waals surface area contributed by atoms with Crippen LogP contribution in [-0.4, -0.2) is 10.9 Å². The van der Waals surface area contributed by atoms with Gasteiger partial charge < -0.3 is 5.32 Å². The molecule has 0 saturated carbocycles. The number of hydrogen-bond donors (Lipinski definition) is 1. The topological polar surface area (TPSA) is 42.0 Å². The molecule has 1 amide bonds. The first kappa shape index (κ1) is 15.8. The Kier molecular flexibility index (Phi) is 5.21. The molecular weight excluding hydrogens is 307 g/mol. The molecule has 0 unspecified atom stereocenters. The molecule has 0 aliphatic heterocycles. The highest BCUT2D eigenvalue weighted by Gasteiger charge is 2.19. The molecular formula is C16H16Cl2N2O. The molecule has 21 heavy (non-hydrogen) atoms. The van der Waals surface area contributed by atoms with E-state index in [4.69, 9.17) is 23.2 Å². The van der Waals surface area contributed by atoms with E-state index in [2.05, 4.69) is 24.1 Å². The molecule has 5 heteroatoms. The summed E-state index contributed by atoms with van der Waals surface area (Å²) in [7, 11) is 0. The lowest BCUT2D eigenvalue weighted by Gasteiger charge is -2.23. The normalized spacial score (nSPS) is 12.2. The van der Waals surface area contributed by atoms with E-state index < -0.39 is 0 Å². The molecule has 0 aliphatic rings. The van der Waals surface area contributed by atoms with Crippen LogP contribution in [0.15, 0.2) is 42.6 Å². The minimum atomic E-state index is -0.219. The van der Waals surface area contributed by atoms with Crippen LogP contribution in [0.5, 0.6) is 0 Å². The van der Waals surface area contributed by atoms with Crippen molar-refractivity contribution in [3.8, 4) is 0 Å². The third kappa shape index (κ3) is 3.96. The summed E-state index contributed by atoms with van der Waals surface area (Å²) in [5.74, 6) is 0.0377. The van der Waals surface area contributed by atoms with Crippen LogP contribution >= 0.6 is 23.2 Å². The van der Waals surface area contributed by atoms with Gasteiger partial charge in [-0.1, -0.05) is 67.4 Å². The predicted molar refractivity (Wildman–Crippen MR) is 85.7 cm³/mol. The van der Waals surface area contributed by atoms with Gasteiger partial charge in [-0.15, -0.1) is 0 Å². The molecule has 0 spiro atoms. The van der Waals surface area contributed by atoms with Gasteiger partial charge in [0.2, 0.25) is 0 Å². The number of nitrogens with one attached hydrogen (secondary N) is 1. The number of nitrogens with zero attached hydrogens (tertiary/aromatic N) is 1. The van der Waals surface area contributed by atoms with Gasteiger partial charge in [0, 0.05) is 6.20 Å². The lowest BCUT2D eigenvalue weighted by atomic mass is 9.96. The first-order chi connectivity index (χ1) is 9.99. The molecule has 0 aliphatic carbocycles. The molecule has 0 bridgehead atoms. The number of benzene rings is 1. The number of amides is 1. The summed E-state index contributed by atoms with van der Waals surface area (Å²) in [5.41, 5.74) is 1.46. The fourth-order valence-electron chi connectivity index (χ4n) is 2.07. The third-order valence-corrected chi connectivity index (χ3v) is 3.86. The summed E-state index contributed by atoms with van der Waals surface area (Å²) in [5, 5.41) is 3.48. The van der Waals surface area contributed by atoms with Crippen LogP contribution in [0.4, 0.5) is 0 Å². The Labute approximate surface area is 134 Å². The van der Waals surface area contributed by atoms with Gasteiger partial charge in [0.15, 0.2) is 0 Å². The van der Waals surface area contributed by atoms with Crippen LogP contribution < -0.4 is 5.32 Å². The van der Waals surface area contributed by atoms with E-state index in [-0.39, 0.29) is 28.0 Å². The van der Waals surface area contributed by atoms with E-state index in [1.165, 1.54) is 12.3 Å². The number of carbonyl (C=O) groups excluding carboxylic acids is 1. The maximum absolute atomic E-state index is 12.3. The molecule has 1 heterocycles. The Morgan fingerprint density at radius 1 is 1.19 bits per heavy atom. The average molecular weight is 323 g/mol. The second-order valence-corrected chi connectivity index (χ2v) is 5.87. The lowest BCUT2D eigenvalue weighted by molar-refractivity contribution is 0.0925. The summed E-state index contributed by atoms with van der Waals surface area (Å²) < 4.78 is 0. The smallest absolute Gasteiger partial charge is 0.253 e. The van der Waals surface area contributed by atoms with Crippen LogP contribution in [-0.2, 0) is 0 Å². The van der Waals surface area contributed by atoms with Gasteiger partial charge in [0.05, 0.1) is 16.6 Å². The van der Waals surface area contributed by atoms with E-state index in [0.29, 0.717) is 5.56 Å². The van der Waals surface area contributed by atoms with Crippen molar-refractivity contribution in [1.82, 2.24) is 10.3 Å². The second-order valence-electron chi connectivity index (χ2n) is 5.10. The van der Waals surface area contributed by atoms with Crippen molar-refractivity contribution in [2.45, 2.75) is 19.9 Å². The molecule has 1 aromatic carbocycles. The third-order valence-electron chi connectivity index (χ3n) is 3.17. The minimum absolute atomic E-state index is 0.0758. The van der Waals surface area contributed by atoms with Gasteiger partial charge >= 0.3 is 0 Å². The van der Waals surface area contributed by atoms with E-state index in [9.17, 15) is 4.79 Å². The standard InChI is InChI=1S/C16H16Cl2N2O/c1-10(2)14(11-6-4-3-5-7-11)20-16(21)12-8-13(17)15(18)19-9-12/h3-10,14H,1-2H3,(H,20,21)/t14-/m1/s1. The van der Waals surface area contributed by atoms with E-state index >= 15 is 0 Å². The lowest BCUT2D eigenvalue weighted by Crippen LogP contribution is -2.31. The average Bonchev–Trinajstić information content (AvgIpc) is 2.48. The van der Waals surface area contributed by atoms with Crippen molar-refractivity contribution in [2.24, 2.45) is 5.92 Å². The summed E-state index contributed by atoms with van der Waals surface area (Å²) >= 11 is 11.7. The Morgan fingerprint density at radius 3 is 2.43 bits per heavy atom. The van der Waals surface area contributed by atoms with Crippen molar-refractivity contribution in [2.75, 3.05) is 0 Å². The number of rotatable bonds is 4. The highest BCUT2D eigenvalue weighted by Crippen LogP contribution is 2.23. The molecule has 110 valence electrons. The van der Waals surface area contributed by atoms with Crippen molar-refractivity contribution in [3.05, 3.63) is 63.9 Å². The predicted octanol–water partition coefficient (Wildman–Crippen LogP) is 4.52. The number of pyridine rings is 1. The van der Waals surface area contributed by atoms with E-state index in [1.807, 2.05) is 30.3 Å². The van der Waals surface area contributed by atoms with Gasteiger partial charge in [0.1, 0.15) is 5.15 Å². The molecule has 0 radical (unpaired) electrons. The molecule has 2 aromatic rings. The molecule has 0 fully saturated rings. The van der Waals surface area contributed by atoms with Gasteiger partial charge in [-0.25, -0.2) is 4.98 Å².